The predicted molar refractivity (Wildman–Crippen MR) is 80.6 cm³/mol. The first-order chi connectivity index (χ1) is 8.60. The number of amides is 1. The number of rotatable bonds is 3. The molecule has 1 amide bonds. The van der Waals surface area contributed by atoms with Crippen LogP contribution in [0.2, 0.25) is 5.02 Å². The van der Waals surface area contributed by atoms with Crippen molar-refractivity contribution in [3.63, 3.8) is 0 Å². The smallest absolute Gasteiger partial charge is 0.240 e. The van der Waals surface area contributed by atoms with Gasteiger partial charge >= 0.3 is 0 Å². The van der Waals surface area contributed by atoms with Gasteiger partial charge in [-0.1, -0.05) is 43.0 Å². The van der Waals surface area contributed by atoms with Gasteiger partial charge in [-0.25, -0.2) is 0 Å². The Labute approximate surface area is 125 Å². The summed E-state index contributed by atoms with van der Waals surface area (Å²) in [7, 11) is 0. The molecule has 0 aromatic heterocycles. The number of carbonyl (C=O) groups excluding carboxylic acids is 1. The molecule has 1 aromatic rings. The molecule has 0 atom stereocenters. The monoisotopic (exact) mass is 302 g/mol. The Morgan fingerprint density at radius 1 is 1.21 bits per heavy atom. The van der Waals surface area contributed by atoms with E-state index in [9.17, 15) is 4.79 Å². The third-order valence-corrected chi connectivity index (χ3v) is 3.82. The van der Waals surface area contributed by atoms with E-state index in [1.165, 1.54) is 6.42 Å². The van der Waals surface area contributed by atoms with Crippen molar-refractivity contribution in [2.75, 3.05) is 0 Å². The van der Waals surface area contributed by atoms with E-state index in [4.69, 9.17) is 17.3 Å². The van der Waals surface area contributed by atoms with Crippen LogP contribution in [0.4, 0.5) is 0 Å². The lowest BCUT2D eigenvalue weighted by Gasteiger charge is -2.31. The molecule has 0 spiro atoms. The largest absolute Gasteiger partial charge is 0.350 e. The van der Waals surface area contributed by atoms with Crippen molar-refractivity contribution in [2.24, 2.45) is 5.73 Å². The Morgan fingerprint density at radius 2 is 1.79 bits per heavy atom. The van der Waals surface area contributed by atoms with E-state index in [1.54, 1.807) is 0 Å². The zero-order chi connectivity index (χ0) is 13.0. The number of benzene rings is 1. The molecule has 106 valence electrons. The standard InChI is InChI=1S/C14H19ClN2O.ClH/c15-12-6-4-11(5-7-12)10-17-13(18)14(16)8-2-1-3-9-14;/h4-7H,1-3,8-10,16H2,(H,17,18);1H. The summed E-state index contributed by atoms with van der Waals surface area (Å²) >= 11 is 5.81. The van der Waals surface area contributed by atoms with Gasteiger partial charge in [-0.15, -0.1) is 12.4 Å². The summed E-state index contributed by atoms with van der Waals surface area (Å²) in [5.74, 6) is -0.0304. The van der Waals surface area contributed by atoms with Gasteiger partial charge in [0, 0.05) is 11.6 Å². The first-order valence-electron chi connectivity index (χ1n) is 6.42. The van der Waals surface area contributed by atoms with Crippen molar-refractivity contribution in [2.45, 2.75) is 44.2 Å². The fraction of sp³-hybridized carbons (Fsp3) is 0.500. The molecule has 0 aliphatic heterocycles. The van der Waals surface area contributed by atoms with Crippen LogP contribution in [0, 0.1) is 0 Å². The maximum atomic E-state index is 12.1. The Hall–Kier alpha value is -0.770. The molecule has 19 heavy (non-hydrogen) atoms. The SMILES string of the molecule is Cl.NC1(C(=O)NCc2ccc(Cl)cc2)CCCCC1. The third-order valence-electron chi connectivity index (χ3n) is 3.56. The molecule has 0 bridgehead atoms. The van der Waals surface area contributed by atoms with E-state index in [-0.39, 0.29) is 18.3 Å². The highest BCUT2D eigenvalue weighted by Crippen LogP contribution is 2.26. The Morgan fingerprint density at radius 3 is 2.37 bits per heavy atom. The second-order valence-corrected chi connectivity index (χ2v) is 5.46. The van der Waals surface area contributed by atoms with Gasteiger partial charge in [0.15, 0.2) is 0 Å². The Kier molecular flexibility index (Phi) is 6.11. The highest BCUT2D eigenvalue weighted by atomic mass is 35.5. The lowest BCUT2D eigenvalue weighted by Crippen LogP contribution is -2.54. The van der Waals surface area contributed by atoms with E-state index >= 15 is 0 Å². The summed E-state index contributed by atoms with van der Waals surface area (Å²) in [4.78, 5) is 12.1. The number of nitrogens with two attached hydrogens (primary N) is 1. The molecule has 0 radical (unpaired) electrons. The van der Waals surface area contributed by atoms with E-state index in [2.05, 4.69) is 5.32 Å². The third kappa shape index (κ3) is 4.37. The van der Waals surface area contributed by atoms with Crippen LogP contribution in [-0.2, 0) is 11.3 Å². The second kappa shape index (κ2) is 7.13. The normalized spacial score (nSPS) is 17.4. The summed E-state index contributed by atoms with van der Waals surface area (Å²) in [5, 5.41) is 3.62. The van der Waals surface area contributed by atoms with Crippen molar-refractivity contribution >= 4 is 29.9 Å². The van der Waals surface area contributed by atoms with Crippen molar-refractivity contribution in [1.29, 1.82) is 0 Å². The zero-order valence-corrected chi connectivity index (χ0v) is 12.4. The van der Waals surface area contributed by atoms with Crippen molar-refractivity contribution < 1.29 is 4.79 Å². The molecule has 2 rings (SSSR count). The molecule has 5 heteroatoms. The minimum Gasteiger partial charge on any atom is -0.350 e. The molecular formula is C14H20Cl2N2O. The van der Waals surface area contributed by atoms with E-state index in [0.29, 0.717) is 11.6 Å². The molecule has 3 nitrogen and oxygen atoms in total. The average Bonchev–Trinajstić information content (AvgIpc) is 2.38. The van der Waals surface area contributed by atoms with Crippen LogP contribution in [0.5, 0.6) is 0 Å². The van der Waals surface area contributed by atoms with Gasteiger partial charge in [0.2, 0.25) is 5.91 Å². The van der Waals surface area contributed by atoms with Gasteiger partial charge in [0.25, 0.3) is 0 Å². The molecule has 1 aromatic carbocycles. The maximum Gasteiger partial charge on any atom is 0.240 e. The van der Waals surface area contributed by atoms with Gasteiger partial charge in [-0.2, -0.15) is 0 Å². The number of hydrogen-bond acceptors (Lipinski definition) is 2. The van der Waals surface area contributed by atoms with Crippen LogP contribution in [-0.4, -0.2) is 11.4 Å². The van der Waals surface area contributed by atoms with Gasteiger partial charge in [0.1, 0.15) is 0 Å². The van der Waals surface area contributed by atoms with Crippen LogP contribution in [0.3, 0.4) is 0 Å². The summed E-state index contributed by atoms with van der Waals surface area (Å²) < 4.78 is 0. The molecule has 1 fully saturated rings. The lowest BCUT2D eigenvalue weighted by molar-refractivity contribution is -0.127. The van der Waals surface area contributed by atoms with Gasteiger partial charge in [-0.3, -0.25) is 4.79 Å². The molecule has 0 heterocycles. The summed E-state index contributed by atoms with van der Waals surface area (Å²) in [6, 6.07) is 7.46. The number of carbonyl (C=O) groups is 1. The van der Waals surface area contributed by atoms with Crippen LogP contribution in [0.15, 0.2) is 24.3 Å². The Balaban J connectivity index is 0.00000180. The number of hydrogen-bond donors (Lipinski definition) is 2. The lowest BCUT2D eigenvalue weighted by atomic mass is 9.82. The first kappa shape index (κ1) is 16.3. The first-order valence-corrected chi connectivity index (χ1v) is 6.80. The minimum absolute atomic E-state index is 0. The number of nitrogens with one attached hydrogen (secondary N) is 1. The molecule has 1 aliphatic carbocycles. The van der Waals surface area contributed by atoms with Crippen molar-refractivity contribution in [3.05, 3.63) is 34.9 Å². The van der Waals surface area contributed by atoms with E-state index in [1.807, 2.05) is 24.3 Å². The van der Waals surface area contributed by atoms with Crippen molar-refractivity contribution in [1.82, 2.24) is 5.32 Å². The molecule has 0 unspecified atom stereocenters. The fourth-order valence-electron chi connectivity index (χ4n) is 2.37. The van der Waals surface area contributed by atoms with Crippen LogP contribution in [0.25, 0.3) is 0 Å². The molecule has 0 saturated heterocycles. The average molecular weight is 303 g/mol. The molecule has 1 saturated carbocycles. The summed E-state index contributed by atoms with van der Waals surface area (Å²) in [5.41, 5.74) is 6.53. The van der Waals surface area contributed by atoms with Crippen LogP contribution in [0.1, 0.15) is 37.7 Å². The molecular weight excluding hydrogens is 283 g/mol. The van der Waals surface area contributed by atoms with E-state index in [0.717, 1.165) is 31.2 Å². The number of halogens is 2. The maximum absolute atomic E-state index is 12.1. The molecule has 1 aliphatic rings. The van der Waals surface area contributed by atoms with Gasteiger partial charge in [-0.05, 0) is 30.5 Å². The minimum atomic E-state index is -0.662. The Bertz CT molecular complexity index is 414. The van der Waals surface area contributed by atoms with E-state index < -0.39 is 5.54 Å². The highest BCUT2D eigenvalue weighted by molar-refractivity contribution is 6.30. The fourth-order valence-corrected chi connectivity index (χ4v) is 2.50. The summed E-state index contributed by atoms with van der Waals surface area (Å²) in [6.07, 6.45) is 4.86. The summed E-state index contributed by atoms with van der Waals surface area (Å²) in [6.45, 7) is 0.509. The predicted octanol–water partition coefficient (Wildman–Crippen LogP) is 3.04. The molecule has 3 N–H and O–H groups in total. The van der Waals surface area contributed by atoms with Crippen LogP contribution >= 0.6 is 24.0 Å². The van der Waals surface area contributed by atoms with Crippen LogP contribution < -0.4 is 11.1 Å². The topological polar surface area (TPSA) is 55.1 Å². The highest BCUT2D eigenvalue weighted by Gasteiger charge is 2.34. The van der Waals surface area contributed by atoms with Crippen molar-refractivity contribution in [3.8, 4) is 0 Å². The van der Waals surface area contributed by atoms with Gasteiger partial charge < -0.3 is 11.1 Å². The quantitative estimate of drug-likeness (QED) is 0.901. The van der Waals surface area contributed by atoms with Gasteiger partial charge in [0.05, 0.1) is 5.54 Å². The second-order valence-electron chi connectivity index (χ2n) is 5.03. The zero-order valence-electron chi connectivity index (χ0n) is 10.8.